The van der Waals surface area contributed by atoms with Crippen molar-refractivity contribution in [3.05, 3.63) is 84.3 Å². The third-order valence-electron chi connectivity index (χ3n) is 2.99. The molecular weight excluding hydrogens is 243 g/mol. The maximum atomic E-state index is 15.6. The lowest BCUT2D eigenvalue weighted by Crippen LogP contribution is -2.23. The molecule has 0 aliphatic carbocycles. The quantitative estimate of drug-likeness (QED) is 0.719. The third kappa shape index (κ3) is 1.91. The van der Waals surface area contributed by atoms with Gasteiger partial charge in [0.2, 0.25) is 5.67 Å². The van der Waals surface area contributed by atoms with Gasteiger partial charge in [-0.05, 0) is 12.1 Å². The van der Waals surface area contributed by atoms with Crippen molar-refractivity contribution in [2.24, 2.45) is 0 Å². The number of halogens is 1. The van der Waals surface area contributed by atoms with Gasteiger partial charge in [-0.1, -0.05) is 30.3 Å². The minimum Gasteiger partial charge on any atom is -0.465 e. The van der Waals surface area contributed by atoms with Gasteiger partial charge < -0.3 is 4.42 Å². The van der Waals surface area contributed by atoms with Crippen LogP contribution >= 0.6 is 0 Å². The Balaban J connectivity index is 2.23. The van der Waals surface area contributed by atoms with Crippen molar-refractivity contribution in [1.82, 2.24) is 9.97 Å². The Hall–Kier alpha value is -2.49. The zero-order valence-electron chi connectivity index (χ0n) is 10.0. The van der Waals surface area contributed by atoms with E-state index in [1.807, 2.05) is 6.07 Å². The first kappa shape index (κ1) is 11.6. The number of rotatable bonds is 3. The summed E-state index contributed by atoms with van der Waals surface area (Å²) in [5, 5.41) is 0. The highest BCUT2D eigenvalue weighted by molar-refractivity contribution is 5.41. The second-order valence-electron chi connectivity index (χ2n) is 4.13. The number of hydrogen-bond donors (Lipinski definition) is 0. The number of alkyl halides is 1. The monoisotopic (exact) mass is 254 g/mol. The van der Waals surface area contributed by atoms with Gasteiger partial charge in [0.15, 0.2) is 0 Å². The van der Waals surface area contributed by atoms with Gasteiger partial charge in [-0.2, -0.15) is 0 Å². The summed E-state index contributed by atoms with van der Waals surface area (Å²) in [4.78, 5) is 7.79. The normalized spacial score (nSPS) is 13.9. The van der Waals surface area contributed by atoms with Crippen molar-refractivity contribution in [2.75, 3.05) is 0 Å². The second-order valence-corrected chi connectivity index (χ2v) is 4.13. The van der Waals surface area contributed by atoms with E-state index in [1.165, 1.54) is 25.0 Å². The van der Waals surface area contributed by atoms with Crippen molar-refractivity contribution in [3.8, 4) is 0 Å². The summed E-state index contributed by atoms with van der Waals surface area (Å²) in [5.74, 6) is 0.216. The Morgan fingerprint density at radius 2 is 1.63 bits per heavy atom. The Kier molecular flexibility index (Phi) is 2.83. The Morgan fingerprint density at radius 1 is 0.895 bits per heavy atom. The summed E-state index contributed by atoms with van der Waals surface area (Å²) in [6, 6.07) is 12.1. The van der Waals surface area contributed by atoms with Gasteiger partial charge in [0.1, 0.15) is 12.1 Å². The van der Waals surface area contributed by atoms with Crippen LogP contribution in [-0.4, -0.2) is 9.97 Å². The molecule has 0 fully saturated rings. The number of furan rings is 1. The molecule has 1 unspecified atom stereocenters. The zero-order chi connectivity index (χ0) is 13.1. The molecule has 0 saturated heterocycles. The molecular formula is C15H11FN2O. The maximum Gasteiger partial charge on any atom is 0.221 e. The highest BCUT2D eigenvalue weighted by atomic mass is 19.1. The molecule has 4 heteroatoms. The molecule has 0 aliphatic rings. The molecule has 0 saturated carbocycles. The van der Waals surface area contributed by atoms with Gasteiger partial charge in [-0.15, -0.1) is 0 Å². The van der Waals surface area contributed by atoms with Crippen LogP contribution in [0.2, 0.25) is 0 Å². The lowest BCUT2D eigenvalue weighted by Gasteiger charge is -2.23. The molecule has 94 valence electrons. The fraction of sp³-hybridized carbons (Fsp3) is 0.0667. The van der Waals surface area contributed by atoms with Crippen molar-refractivity contribution in [2.45, 2.75) is 5.67 Å². The summed E-state index contributed by atoms with van der Waals surface area (Å²) >= 11 is 0. The first-order valence-electron chi connectivity index (χ1n) is 5.85. The fourth-order valence-electron chi connectivity index (χ4n) is 2.07. The molecule has 19 heavy (non-hydrogen) atoms. The lowest BCUT2D eigenvalue weighted by molar-refractivity contribution is 0.230. The van der Waals surface area contributed by atoms with Crippen LogP contribution in [0.3, 0.4) is 0 Å². The number of aromatic nitrogens is 2. The summed E-state index contributed by atoms with van der Waals surface area (Å²) in [6.07, 6.45) is 5.75. The molecule has 2 aromatic heterocycles. The van der Waals surface area contributed by atoms with E-state index in [2.05, 4.69) is 9.97 Å². The molecule has 0 spiro atoms. The third-order valence-corrected chi connectivity index (χ3v) is 2.99. The van der Waals surface area contributed by atoms with Crippen LogP contribution in [0.1, 0.15) is 16.9 Å². The first-order chi connectivity index (χ1) is 9.32. The van der Waals surface area contributed by atoms with E-state index >= 15 is 4.39 Å². The molecule has 1 aromatic carbocycles. The summed E-state index contributed by atoms with van der Waals surface area (Å²) in [6.45, 7) is 0. The van der Waals surface area contributed by atoms with Gasteiger partial charge in [-0.3, -0.25) is 0 Å². The van der Waals surface area contributed by atoms with E-state index in [0.717, 1.165) is 0 Å². The van der Waals surface area contributed by atoms with Crippen LogP contribution < -0.4 is 0 Å². The largest absolute Gasteiger partial charge is 0.465 e. The van der Waals surface area contributed by atoms with Crippen molar-refractivity contribution in [3.63, 3.8) is 0 Å². The van der Waals surface area contributed by atoms with Gasteiger partial charge in [0, 0.05) is 23.5 Å². The highest BCUT2D eigenvalue weighted by Gasteiger charge is 2.39. The zero-order valence-corrected chi connectivity index (χ0v) is 10.0. The number of hydrogen-bond acceptors (Lipinski definition) is 3. The summed E-state index contributed by atoms with van der Waals surface area (Å²) in [5.41, 5.74) is -1.05. The van der Waals surface area contributed by atoms with E-state index in [4.69, 9.17) is 4.42 Å². The van der Waals surface area contributed by atoms with E-state index in [1.54, 1.807) is 36.4 Å². The van der Waals surface area contributed by atoms with E-state index in [0.29, 0.717) is 11.1 Å². The predicted molar refractivity (Wildman–Crippen MR) is 68.2 cm³/mol. The van der Waals surface area contributed by atoms with Crippen LogP contribution in [0.25, 0.3) is 0 Å². The highest BCUT2D eigenvalue weighted by Crippen LogP contribution is 2.39. The molecule has 1 atom stereocenters. The average molecular weight is 254 g/mol. The Labute approximate surface area is 109 Å². The SMILES string of the molecule is FC(c1ccccc1)(c1cncnc1)c1ccco1. The van der Waals surface area contributed by atoms with Crippen LogP contribution in [0.15, 0.2) is 71.9 Å². The van der Waals surface area contributed by atoms with Crippen molar-refractivity contribution < 1.29 is 8.81 Å². The van der Waals surface area contributed by atoms with E-state index < -0.39 is 5.67 Å². The number of benzene rings is 1. The van der Waals surface area contributed by atoms with Crippen LogP contribution in [-0.2, 0) is 5.67 Å². The standard InChI is InChI=1S/C15H11FN2O/c16-15(14-7-4-8-19-14,12-5-2-1-3-6-12)13-9-17-11-18-10-13/h1-11H. The molecule has 0 aliphatic heterocycles. The average Bonchev–Trinajstić information content (AvgIpc) is 3.03. The minimum atomic E-state index is -1.88. The van der Waals surface area contributed by atoms with Gasteiger partial charge in [-0.25, -0.2) is 14.4 Å². The van der Waals surface area contributed by atoms with Crippen molar-refractivity contribution >= 4 is 0 Å². The Bertz CT molecular complexity index is 599. The smallest absolute Gasteiger partial charge is 0.221 e. The molecule has 0 bridgehead atoms. The molecule has 0 radical (unpaired) electrons. The van der Waals surface area contributed by atoms with Gasteiger partial charge >= 0.3 is 0 Å². The molecule has 2 heterocycles. The number of nitrogens with zero attached hydrogens (tertiary/aromatic N) is 2. The summed E-state index contributed by atoms with van der Waals surface area (Å²) < 4.78 is 20.9. The topological polar surface area (TPSA) is 38.9 Å². The van der Waals surface area contributed by atoms with Gasteiger partial charge in [0.05, 0.1) is 6.26 Å². The summed E-state index contributed by atoms with van der Waals surface area (Å²) in [7, 11) is 0. The van der Waals surface area contributed by atoms with E-state index in [-0.39, 0.29) is 5.76 Å². The maximum absolute atomic E-state index is 15.6. The molecule has 0 amide bonds. The minimum absolute atomic E-state index is 0.216. The van der Waals surface area contributed by atoms with Crippen LogP contribution in [0.5, 0.6) is 0 Å². The Morgan fingerprint density at radius 3 is 2.26 bits per heavy atom. The molecule has 3 nitrogen and oxygen atoms in total. The lowest BCUT2D eigenvalue weighted by atomic mass is 9.87. The first-order valence-corrected chi connectivity index (χ1v) is 5.85. The molecule has 3 aromatic rings. The van der Waals surface area contributed by atoms with Crippen molar-refractivity contribution in [1.29, 1.82) is 0 Å². The van der Waals surface area contributed by atoms with Crippen LogP contribution in [0.4, 0.5) is 4.39 Å². The predicted octanol–water partition coefficient (Wildman–Crippen LogP) is 3.33. The van der Waals surface area contributed by atoms with E-state index in [9.17, 15) is 0 Å². The fourth-order valence-corrected chi connectivity index (χ4v) is 2.07. The van der Waals surface area contributed by atoms with Gasteiger partial charge in [0.25, 0.3) is 0 Å². The molecule has 0 N–H and O–H groups in total. The second kappa shape index (κ2) is 4.65. The molecule has 3 rings (SSSR count). The van der Waals surface area contributed by atoms with Crippen LogP contribution in [0, 0.1) is 0 Å².